The van der Waals surface area contributed by atoms with Crippen LogP contribution in [0.25, 0.3) is 10.9 Å². The van der Waals surface area contributed by atoms with Crippen LogP contribution in [0.1, 0.15) is 17.4 Å². The third-order valence-corrected chi connectivity index (χ3v) is 3.61. The van der Waals surface area contributed by atoms with Gasteiger partial charge in [0.2, 0.25) is 0 Å². The van der Waals surface area contributed by atoms with Crippen LogP contribution in [0.2, 0.25) is 0 Å². The maximum absolute atomic E-state index is 12.1. The number of carbonyl (C=O) groups excluding carboxylic acids is 1. The molecular formula is C15H17N3O. The summed E-state index contributed by atoms with van der Waals surface area (Å²) in [6, 6.07) is 11.5. The van der Waals surface area contributed by atoms with Crippen LogP contribution in [-0.4, -0.2) is 30.5 Å². The van der Waals surface area contributed by atoms with Gasteiger partial charge in [0.25, 0.3) is 5.91 Å². The first-order chi connectivity index (χ1) is 9.16. The van der Waals surface area contributed by atoms with Gasteiger partial charge in [-0.25, -0.2) is 4.98 Å². The zero-order valence-corrected chi connectivity index (χ0v) is 10.9. The molecule has 1 aliphatic rings. The number of hydrogen-bond donors (Lipinski definition) is 2. The van der Waals surface area contributed by atoms with E-state index in [1.807, 2.05) is 30.3 Å². The molecule has 2 N–H and O–H groups in total. The Kier molecular flexibility index (Phi) is 2.95. The van der Waals surface area contributed by atoms with Crippen molar-refractivity contribution in [1.29, 1.82) is 0 Å². The lowest BCUT2D eigenvalue weighted by Crippen LogP contribution is -2.57. The molecule has 0 spiro atoms. The molecular weight excluding hydrogens is 238 g/mol. The summed E-state index contributed by atoms with van der Waals surface area (Å²) in [4.78, 5) is 16.5. The standard InChI is InChI=1S/C15H17N3O/c1-15(8-16-9-15)10-17-14(19)13-7-6-11-4-2-3-5-12(11)18-13/h2-7,16H,8-10H2,1H3,(H,17,19). The van der Waals surface area contributed by atoms with E-state index in [4.69, 9.17) is 0 Å². The highest BCUT2D eigenvalue weighted by molar-refractivity contribution is 5.94. The zero-order valence-electron chi connectivity index (χ0n) is 10.9. The number of nitrogens with zero attached hydrogens (tertiary/aromatic N) is 1. The van der Waals surface area contributed by atoms with Crippen LogP contribution in [0.3, 0.4) is 0 Å². The summed E-state index contributed by atoms with van der Waals surface area (Å²) in [6.45, 7) is 4.77. The number of fused-ring (bicyclic) bond motifs is 1. The van der Waals surface area contributed by atoms with E-state index in [2.05, 4.69) is 22.5 Å². The van der Waals surface area contributed by atoms with Gasteiger partial charge in [-0.1, -0.05) is 31.2 Å². The monoisotopic (exact) mass is 255 g/mol. The van der Waals surface area contributed by atoms with E-state index >= 15 is 0 Å². The predicted molar refractivity (Wildman–Crippen MR) is 75.1 cm³/mol. The molecule has 0 saturated carbocycles. The minimum absolute atomic E-state index is 0.0983. The van der Waals surface area contributed by atoms with E-state index in [-0.39, 0.29) is 11.3 Å². The molecule has 2 aromatic rings. The summed E-state index contributed by atoms with van der Waals surface area (Å²) in [7, 11) is 0. The highest BCUT2D eigenvalue weighted by Gasteiger charge is 2.31. The smallest absolute Gasteiger partial charge is 0.269 e. The van der Waals surface area contributed by atoms with Crippen LogP contribution >= 0.6 is 0 Å². The summed E-state index contributed by atoms with van der Waals surface area (Å²) in [5.41, 5.74) is 1.52. The topological polar surface area (TPSA) is 54.0 Å². The van der Waals surface area contributed by atoms with Gasteiger partial charge in [-0.2, -0.15) is 0 Å². The predicted octanol–water partition coefficient (Wildman–Crippen LogP) is 1.57. The molecule has 1 saturated heterocycles. The molecule has 0 bridgehead atoms. The summed E-state index contributed by atoms with van der Waals surface area (Å²) >= 11 is 0. The average Bonchev–Trinajstić information content (AvgIpc) is 2.42. The lowest BCUT2D eigenvalue weighted by molar-refractivity contribution is 0.0907. The quantitative estimate of drug-likeness (QED) is 0.875. The first-order valence-corrected chi connectivity index (χ1v) is 6.51. The van der Waals surface area contributed by atoms with Crippen LogP contribution in [0.4, 0.5) is 0 Å². The van der Waals surface area contributed by atoms with Crippen LogP contribution in [-0.2, 0) is 0 Å². The van der Waals surface area contributed by atoms with Crippen molar-refractivity contribution in [3.8, 4) is 0 Å². The Bertz CT molecular complexity index is 620. The highest BCUT2D eigenvalue weighted by atomic mass is 16.1. The van der Waals surface area contributed by atoms with Gasteiger partial charge in [0.1, 0.15) is 5.69 Å². The van der Waals surface area contributed by atoms with Crippen molar-refractivity contribution in [1.82, 2.24) is 15.6 Å². The number of pyridine rings is 1. The molecule has 4 heteroatoms. The molecule has 1 amide bonds. The van der Waals surface area contributed by atoms with Gasteiger partial charge in [-0.05, 0) is 12.1 Å². The van der Waals surface area contributed by atoms with Crippen molar-refractivity contribution in [3.63, 3.8) is 0 Å². The lowest BCUT2D eigenvalue weighted by Gasteiger charge is -2.39. The number of para-hydroxylation sites is 1. The van der Waals surface area contributed by atoms with Crippen molar-refractivity contribution in [2.45, 2.75) is 6.92 Å². The van der Waals surface area contributed by atoms with Gasteiger partial charge in [-0.3, -0.25) is 4.79 Å². The Hall–Kier alpha value is -1.94. The first kappa shape index (κ1) is 12.1. The number of amides is 1. The number of benzene rings is 1. The number of aromatic nitrogens is 1. The van der Waals surface area contributed by atoms with Gasteiger partial charge >= 0.3 is 0 Å². The second kappa shape index (κ2) is 4.63. The molecule has 0 radical (unpaired) electrons. The van der Waals surface area contributed by atoms with Gasteiger partial charge in [-0.15, -0.1) is 0 Å². The normalized spacial score (nSPS) is 16.9. The van der Waals surface area contributed by atoms with Crippen LogP contribution < -0.4 is 10.6 Å². The van der Waals surface area contributed by atoms with Gasteiger partial charge in [0.05, 0.1) is 5.52 Å². The Balaban J connectivity index is 1.74. The lowest BCUT2D eigenvalue weighted by atomic mass is 9.84. The molecule has 1 aromatic heterocycles. The van der Waals surface area contributed by atoms with E-state index in [1.165, 1.54) is 0 Å². The Morgan fingerprint density at radius 2 is 2.11 bits per heavy atom. The molecule has 1 fully saturated rings. The van der Waals surface area contributed by atoms with Gasteiger partial charge in [0, 0.05) is 30.4 Å². The SMILES string of the molecule is CC1(CNC(=O)c2ccc3ccccc3n2)CNC1. The Labute approximate surface area is 112 Å². The molecule has 1 aliphatic heterocycles. The molecule has 2 heterocycles. The molecule has 3 rings (SSSR count). The first-order valence-electron chi connectivity index (χ1n) is 6.51. The fourth-order valence-corrected chi connectivity index (χ4v) is 2.25. The average molecular weight is 255 g/mol. The van der Waals surface area contributed by atoms with Crippen molar-refractivity contribution < 1.29 is 4.79 Å². The molecule has 98 valence electrons. The van der Waals surface area contributed by atoms with Crippen LogP contribution in [0.5, 0.6) is 0 Å². The van der Waals surface area contributed by atoms with E-state index in [9.17, 15) is 4.79 Å². The maximum atomic E-state index is 12.1. The molecule has 0 aliphatic carbocycles. The number of rotatable bonds is 3. The second-order valence-electron chi connectivity index (χ2n) is 5.49. The third-order valence-electron chi connectivity index (χ3n) is 3.61. The van der Waals surface area contributed by atoms with E-state index in [0.717, 1.165) is 24.0 Å². The fourth-order valence-electron chi connectivity index (χ4n) is 2.25. The number of hydrogen-bond acceptors (Lipinski definition) is 3. The van der Waals surface area contributed by atoms with Crippen molar-refractivity contribution in [2.75, 3.05) is 19.6 Å². The molecule has 4 nitrogen and oxygen atoms in total. The molecule has 19 heavy (non-hydrogen) atoms. The summed E-state index contributed by atoms with van der Waals surface area (Å²) in [5.74, 6) is -0.0983. The van der Waals surface area contributed by atoms with Crippen molar-refractivity contribution in [2.24, 2.45) is 5.41 Å². The minimum Gasteiger partial charge on any atom is -0.350 e. The second-order valence-corrected chi connectivity index (χ2v) is 5.49. The number of carbonyl (C=O) groups is 1. The van der Waals surface area contributed by atoms with Gasteiger partial charge < -0.3 is 10.6 Å². The minimum atomic E-state index is -0.0983. The fraction of sp³-hybridized carbons (Fsp3) is 0.333. The highest BCUT2D eigenvalue weighted by Crippen LogP contribution is 2.19. The summed E-state index contributed by atoms with van der Waals surface area (Å²) in [5, 5.41) is 7.24. The Morgan fingerprint density at radius 1 is 1.32 bits per heavy atom. The summed E-state index contributed by atoms with van der Waals surface area (Å²) in [6.07, 6.45) is 0. The van der Waals surface area contributed by atoms with E-state index < -0.39 is 0 Å². The zero-order chi connectivity index (χ0) is 13.3. The van der Waals surface area contributed by atoms with Crippen molar-refractivity contribution >= 4 is 16.8 Å². The molecule has 1 aromatic carbocycles. The summed E-state index contributed by atoms with van der Waals surface area (Å²) < 4.78 is 0. The van der Waals surface area contributed by atoms with Crippen molar-refractivity contribution in [3.05, 3.63) is 42.1 Å². The van der Waals surface area contributed by atoms with Crippen LogP contribution in [0.15, 0.2) is 36.4 Å². The van der Waals surface area contributed by atoms with E-state index in [0.29, 0.717) is 12.2 Å². The maximum Gasteiger partial charge on any atom is 0.269 e. The third kappa shape index (κ3) is 2.44. The Morgan fingerprint density at radius 3 is 2.84 bits per heavy atom. The largest absolute Gasteiger partial charge is 0.350 e. The van der Waals surface area contributed by atoms with Crippen LogP contribution in [0, 0.1) is 5.41 Å². The number of nitrogens with one attached hydrogen (secondary N) is 2. The van der Waals surface area contributed by atoms with E-state index in [1.54, 1.807) is 6.07 Å². The molecule has 0 unspecified atom stereocenters. The van der Waals surface area contributed by atoms with Gasteiger partial charge in [0.15, 0.2) is 0 Å². The molecule has 0 atom stereocenters.